The van der Waals surface area contributed by atoms with Crippen LogP contribution in [0.2, 0.25) is 0 Å². The van der Waals surface area contributed by atoms with Gasteiger partial charge in [0.1, 0.15) is 11.6 Å². The lowest BCUT2D eigenvalue weighted by atomic mass is 10.1. The van der Waals surface area contributed by atoms with Gasteiger partial charge in [-0.3, -0.25) is 0 Å². The fourth-order valence-corrected chi connectivity index (χ4v) is 1.34. The fourth-order valence-electron chi connectivity index (χ4n) is 0.965. The van der Waals surface area contributed by atoms with Crippen molar-refractivity contribution < 1.29 is 9.50 Å². The Kier molecular flexibility index (Phi) is 3.05. The minimum atomic E-state index is -0.416. The zero-order valence-corrected chi connectivity index (χ0v) is 7.94. The van der Waals surface area contributed by atoms with Crippen LogP contribution in [0.15, 0.2) is 16.6 Å². The van der Waals surface area contributed by atoms with Crippen LogP contribution in [0.5, 0.6) is 5.75 Å². The van der Waals surface area contributed by atoms with Crippen LogP contribution in [0.4, 0.5) is 4.39 Å². The molecule has 0 aliphatic carbocycles. The standard InChI is InChI=1S/C8H9BrFNO/c9-6-1-2-7(10)5(3-4-11)8(6)12/h1-2,12H,3-4,11H2. The van der Waals surface area contributed by atoms with Crippen molar-refractivity contribution in [3.8, 4) is 5.75 Å². The summed E-state index contributed by atoms with van der Waals surface area (Å²) in [6.45, 7) is 0.320. The zero-order valence-electron chi connectivity index (χ0n) is 6.35. The molecule has 1 aromatic carbocycles. The Balaban J connectivity index is 3.14. The third kappa shape index (κ3) is 1.76. The van der Waals surface area contributed by atoms with Crippen molar-refractivity contribution in [2.75, 3.05) is 6.54 Å². The molecule has 0 amide bonds. The molecular formula is C8H9BrFNO. The summed E-state index contributed by atoms with van der Waals surface area (Å²) in [5.74, 6) is -0.471. The Morgan fingerprint density at radius 1 is 1.50 bits per heavy atom. The molecule has 0 heterocycles. The Hall–Kier alpha value is -0.610. The normalized spacial score (nSPS) is 10.2. The minimum absolute atomic E-state index is 0.0551. The lowest BCUT2D eigenvalue weighted by Gasteiger charge is -2.05. The highest BCUT2D eigenvalue weighted by atomic mass is 79.9. The van der Waals surface area contributed by atoms with Crippen LogP contribution in [0.1, 0.15) is 5.56 Å². The largest absolute Gasteiger partial charge is 0.506 e. The van der Waals surface area contributed by atoms with Gasteiger partial charge in [-0.25, -0.2) is 4.39 Å². The van der Waals surface area contributed by atoms with E-state index >= 15 is 0 Å². The van der Waals surface area contributed by atoms with Crippen molar-refractivity contribution in [3.63, 3.8) is 0 Å². The van der Waals surface area contributed by atoms with E-state index in [9.17, 15) is 9.50 Å². The average Bonchev–Trinajstić information content (AvgIpc) is 2.06. The van der Waals surface area contributed by atoms with Crippen LogP contribution in [0.25, 0.3) is 0 Å². The first-order chi connectivity index (χ1) is 5.66. The van der Waals surface area contributed by atoms with E-state index < -0.39 is 5.82 Å². The predicted octanol–water partition coefficient (Wildman–Crippen LogP) is 1.79. The van der Waals surface area contributed by atoms with Crippen LogP contribution in [0, 0.1) is 5.82 Å². The summed E-state index contributed by atoms with van der Waals surface area (Å²) in [7, 11) is 0. The zero-order chi connectivity index (χ0) is 9.14. The molecule has 0 spiro atoms. The molecular weight excluding hydrogens is 225 g/mol. The van der Waals surface area contributed by atoms with Gasteiger partial charge in [0.15, 0.2) is 0 Å². The predicted molar refractivity (Wildman–Crippen MR) is 48.5 cm³/mol. The first-order valence-corrected chi connectivity index (χ1v) is 4.32. The number of phenolic OH excluding ortho intramolecular Hbond substituents is 1. The van der Waals surface area contributed by atoms with Crippen LogP contribution < -0.4 is 5.73 Å². The molecule has 0 aliphatic rings. The highest BCUT2D eigenvalue weighted by molar-refractivity contribution is 9.10. The van der Waals surface area contributed by atoms with Crippen LogP contribution in [-0.4, -0.2) is 11.7 Å². The van der Waals surface area contributed by atoms with E-state index in [1.165, 1.54) is 12.1 Å². The summed E-state index contributed by atoms with van der Waals surface area (Å²) in [6.07, 6.45) is 0.344. The van der Waals surface area contributed by atoms with E-state index in [-0.39, 0.29) is 11.3 Å². The molecule has 1 aromatic rings. The molecule has 1 rings (SSSR count). The van der Waals surface area contributed by atoms with Crippen LogP contribution in [0.3, 0.4) is 0 Å². The van der Waals surface area contributed by atoms with Crippen LogP contribution in [-0.2, 0) is 6.42 Å². The molecule has 0 atom stereocenters. The van der Waals surface area contributed by atoms with Gasteiger partial charge in [0.25, 0.3) is 0 Å². The highest BCUT2D eigenvalue weighted by Gasteiger charge is 2.09. The Morgan fingerprint density at radius 3 is 2.75 bits per heavy atom. The van der Waals surface area contributed by atoms with Gasteiger partial charge in [0.05, 0.1) is 4.47 Å². The number of hydrogen-bond donors (Lipinski definition) is 2. The lowest BCUT2D eigenvalue weighted by Crippen LogP contribution is -2.04. The van der Waals surface area contributed by atoms with E-state index in [1.807, 2.05) is 0 Å². The number of rotatable bonds is 2. The minimum Gasteiger partial charge on any atom is -0.506 e. The van der Waals surface area contributed by atoms with Gasteiger partial charge in [0.2, 0.25) is 0 Å². The van der Waals surface area contributed by atoms with E-state index in [0.29, 0.717) is 17.4 Å². The van der Waals surface area contributed by atoms with Crippen molar-refractivity contribution in [1.29, 1.82) is 0 Å². The molecule has 3 N–H and O–H groups in total. The first-order valence-electron chi connectivity index (χ1n) is 3.52. The van der Waals surface area contributed by atoms with Gasteiger partial charge in [-0.2, -0.15) is 0 Å². The number of halogens is 2. The number of benzene rings is 1. The molecule has 66 valence electrons. The van der Waals surface area contributed by atoms with Crippen LogP contribution >= 0.6 is 15.9 Å². The third-order valence-electron chi connectivity index (χ3n) is 1.57. The monoisotopic (exact) mass is 233 g/mol. The summed E-state index contributed by atoms with van der Waals surface area (Å²) in [4.78, 5) is 0. The molecule has 4 heteroatoms. The Morgan fingerprint density at radius 2 is 2.17 bits per heavy atom. The third-order valence-corrected chi connectivity index (χ3v) is 2.21. The second-order valence-electron chi connectivity index (χ2n) is 2.40. The maximum atomic E-state index is 13.0. The molecule has 0 fully saturated rings. The van der Waals surface area contributed by atoms with Crippen molar-refractivity contribution in [2.24, 2.45) is 5.73 Å². The first kappa shape index (κ1) is 9.48. The van der Waals surface area contributed by atoms with Crippen molar-refractivity contribution in [2.45, 2.75) is 6.42 Å². The number of nitrogens with two attached hydrogens (primary N) is 1. The second-order valence-corrected chi connectivity index (χ2v) is 3.25. The maximum Gasteiger partial charge on any atom is 0.135 e. The lowest BCUT2D eigenvalue weighted by molar-refractivity contribution is 0.455. The molecule has 0 aromatic heterocycles. The fraction of sp³-hybridized carbons (Fsp3) is 0.250. The smallest absolute Gasteiger partial charge is 0.135 e. The summed E-state index contributed by atoms with van der Waals surface area (Å²) in [6, 6.07) is 2.76. The number of hydrogen-bond acceptors (Lipinski definition) is 2. The van der Waals surface area contributed by atoms with Gasteiger partial charge in [-0.05, 0) is 41.0 Å². The SMILES string of the molecule is NCCc1c(F)ccc(Br)c1O. The van der Waals surface area contributed by atoms with Gasteiger partial charge < -0.3 is 10.8 Å². The average molecular weight is 234 g/mol. The van der Waals surface area contributed by atoms with E-state index in [2.05, 4.69) is 15.9 Å². The van der Waals surface area contributed by atoms with Gasteiger partial charge >= 0.3 is 0 Å². The second kappa shape index (κ2) is 3.87. The van der Waals surface area contributed by atoms with Gasteiger partial charge in [-0.15, -0.1) is 0 Å². The summed E-state index contributed by atoms with van der Waals surface area (Å²) < 4.78 is 13.5. The Labute approximate surface area is 78.3 Å². The van der Waals surface area contributed by atoms with E-state index in [0.717, 1.165) is 0 Å². The van der Waals surface area contributed by atoms with Gasteiger partial charge in [0, 0.05) is 5.56 Å². The molecule has 12 heavy (non-hydrogen) atoms. The number of phenols is 1. The molecule has 0 saturated carbocycles. The quantitative estimate of drug-likeness (QED) is 0.819. The molecule has 0 bridgehead atoms. The van der Waals surface area contributed by atoms with Crippen molar-refractivity contribution in [3.05, 3.63) is 28.0 Å². The summed E-state index contributed by atoms with van der Waals surface area (Å²) >= 11 is 3.09. The van der Waals surface area contributed by atoms with Gasteiger partial charge in [-0.1, -0.05) is 0 Å². The summed E-state index contributed by atoms with van der Waals surface area (Å²) in [5.41, 5.74) is 5.53. The number of aromatic hydroxyl groups is 1. The molecule has 0 aliphatic heterocycles. The van der Waals surface area contributed by atoms with E-state index in [1.54, 1.807) is 0 Å². The molecule has 2 nitrogen and oxygen atoms in total. The Bertz CT molecular complexity index is 291. The van der Waals surface area contributed by atoms with Crippen molar-refractivity contribution in [1.82, 2.24) is 0 Å². The van der Waals surface area contributed by atoms with Crippen molar-refractivity contribution >= 4 is 15.9 Å². The molecule has 0 saturated heterocycles. The maximum absolute atomic E-state index is 13.0. The molecule has 0 unspecified atom stereocenters. The highest BCUT2D eigenvalue weighted by Crippen LogP contribution is 2.29. The van der Waals surface area contributed by atoms with E-state index in [4.69, 9.17) is 5.73 Å². The topological polar surface area (TPSA) is 46.2 Å². The summed E-state index contributed by atoms with van der Waals surface area (Å²) in [5, 5.41) is 9.37. The molecule has 0 radical (unpaired) electrons.